The van der Waals surface area contributed by atoms with Crippen molar-refractivity contribution in [3.63, 3.8) is 0 Å². The molecule has 1 aromatic carbocycles. The smallest absolute Gasteiger partial charge is 0.225 e. The van der Waals surface area contributed by atoms with Gasteiger partial charge in [-0.05, 0) is 25.5 Å². The van der Waals surface area contributed by atoms with Gasteiger partial charge in [0.1, 0.15) is 0 Å². The highest BCUT2D eigenvalue weighted by molar-refractivity contribution is 6.42. The van der Waals surface area contributed by atoms with Crippen LogP contribution in [0.1, 0.15) is 54.9 Å². The second-order valence-corrected chi connectivity index (χ2v) is 7.93. The number of benzene rings is 1. The standard InChI is InChI=1S/C18H21Cl3N4O.2C2H6/c1-4-25(18(26)10(2)3)11-5-6-24(9-11)17-16(21)22-14-7-12(19)13(20)8-15(14)23-17;2*1-2/h7-8,10-11H,4-6,9H2,1-3H3;2*1-2H3. The summed E-state index contributed by atoms with van der Waals surface area (Å²) in [6.45, 7) is 16.0. The summed E-state index contributed by atoms with van der Waals surface area (Å²) in [7, 11) is 0. The van der Waals surface area contributed by atoms with Crippen LogP contribution >= 0.6 is 34.8 Å². The predicted molar refractivity (Wildman–Crippen MR) is 130 cm³/mol. The Morgan fingerprint density at radius 3 is 2.13 bits per heavy atom. The SMILES string of the molecule is CC.CC.CCN(C(=O)C(C)C)C1CCN(c2nc3cc(Cl)c(Cl)cc3nc2Cl)C1. The van der Waals surface area contributed by atoms with Gasteiger partial charge in [-0.15, -0.1) is 0 Å². The molecule has 0 saturated carbocycles. The van der Waals surface area contributed by atoms with Gasteiger partial charge in [0.25, 0.3) is 0 Å². The lowest BCUT2D eigenvalue weighted by molar-refractivity contribution is -0.136. The maximum Gasteiger partial charge on any atom is 0.225 e. The summed E-state index contributed by atoms with van der Waals surface area (Å²) in [4.78, 5) is 25.5. The van der Waals surface area contributed by atoms with Crippen molar-refractivity contribution in [1.82, 2.24) is 14.9 Å². The summed E-state index contributed by atoms with van der Waals surface area (Å²) in [6, 6.07) is 3.51. The number of halogens is 3. The molecule has 30 heavy (non-hydrogen) atoms. The first kappa shape index (κ1) is 26.7. The third-order valence-electron chi connectivity index (χ3n) is 4.67. The Morgan fingerprint density at radius 1 is 1.10 bits per heavy atom. The molecule has 0 bridgehead atoms. The summed E-state index contributed by atoms with van der Waals surface area (Å²) in [5.41, 5.74) is 1.25. The van der Waals surface area contributed by atoms with E-state index >= 15 is 0 Å². The summed E-state index contributed by atoms with van der Waals surface area (Å²) in [5.74, 6) is 0.782. The molecule has 1 saturated heterocycles. The highest BCUT2D eigenvalue weighted by Crippen LogP contribution is 2.32. The van der Waals surface area contributed by atoms with Crippen LogP contribution in [0.3, 0.4) is 0 Å². The first-order valence-electron chi connectivity index (χ1n) is 10.7. The minimum absolute atomic E-state index is 0.0139. The first-order chi connectivity index (χ1) is 14.3. The van der Waals surface area contributed by atoms with E-state index < -0.39 is 0 Å². The molecule has 1 amide bonds. The number of nitrogens with zero attached hydrogens (tertiary/aromatic N) is 4. The summed E-state index contributed by atoms with van der Waals surface area (Å²) in [5, 5.41) is 1.18. The van der Waals surface area contributed by atoms with E-state index in [-0.39, 0.29) is 17.9 Å². The number of fused-ring (bicyclic) bond motifs is 1. The van der Waals surface area contributed by atoms with Crippen LogP contribution < -0.4 is 4.90 Å². The number of aromatic nitrogens is 2. The Labute approximate surface area is 195 Å². The van der Waals surface area contributed by atoms with Gasteiger partial charge in [0.15, 0.2) is 11.0 Å². The van der Waals surface area contributed by atoms with E-state index in [4.69, 9.17) is 34.8 Å². The van der Waals surface area contributed by atoms with Crippen molar-refractivity contribution >= 4 is 57.6 Å². The van der Waals surface area contributed by atoms with Gasteiger partial charge < -0.3 is 9.80 Å². The lowest BCUT2D eigenvalue weighted by atomic mass is 10.1. The average molecular weight is 476 g/mol. The molecule has 5 nitrogen and oxygen atoms in total. The highest BCUT2D eigenvalue weighted by atomic mass is 35.5. The molecule has 2 aromatic rings. The van der Waals surface area contributed by atoms with E-state index in [0.717, 1.165) is 13.0 Å². The highest BCUT2D eigenvalue weighted by Gasteiger charge is 2.32. The van der Waals surface area contributed by atoms with Crippen molar-refractivity contribution in [2.24, 2.45) is 5.92 Å². The number of likely N-dealkylation sites (N-methyl/N-ethyl adjacent to an activating group) is 1. The van der Waals surface area contributed by atoms with E-state index in [0.29, 0.717) is 45.1 Å². The van der Waals surface area contributed by atoms with Crippen LogP contribution in [0.25, 0.3) is 11.0 Å². The minimum atomic E-state index is -0.0139. The summed E-state index contributed by atoms with van der Waals surface area (Å²) < 4.78 is 0. The zero-order chi connectivity index (χ0) is 23.0. The maximum absolute atomic E-state index is 12.4. The summed E-state index contributed by atoms with van der Waals surface area (Å²) in [6.07, 6.45) is 0.879. The molecule has 8 heteroatoms. The third kappa shape index (κ3) is 6.12. The number of carbonyl (C=O) groups excluding carboxylic acids is 1. The van der Waals surface area contributed by atoms with Crippen LogP contribution in [0.5, 0.6) is 0 Å². The Bertz CT molecular complexity index is 845. The van der Waals surface area contributed by atoms with E-state index in [1.54, 1.807) is 12.1 Å². The van der Waals surface area contributed by atoms with Gasteiger partial charge in [-0.1, -0.05) is 76.3 Å². The third-order valence-corrected chi connectivity index (χ3v) is 5.64. The number of anilines is 1. The van der Waals surface area contributed by atoms with Crippen LogP contribution in [0.15, 0.2) is 12.1 Å². The van der Waals surface area contributed by atoms with Crippen LogP contribution in [0.2, 0.25) is 15.2 Å². The Morgan fingerprint density at radius 2 is 1.63 bits per heavy atom. The molecule has 0 spiro atoms. The van der Waals surface area contributed by atoms with E-state index in [1.807, 2.05) is 53.4 Å². The van der Waals surface area contributed by atoms with Gasteiger partial charge in [0.2, 0.25) is 5.91 Å². The number of rotatable bonds is 4. The molecule has 2 heterocycles. The number of carbonyl (C=O) groups is 1. The van der Waals surface area contributed by atoms with Crippen molar-refractivity contribution in [3.8, 4) is 0 Å². The molecular formula is C22H33Cl3N4O. The van der Waals surface area contributed by atoms with Crippen LogP contribution in [-0.2, 0) is 4.79 Å². The fourth-order valence-electron chi connectivity index (χ4n) is 3.34. The normalized spacial score (nSPS) is 15.4. The van der Waals surface area contributed by atoms with Crippen molar-refractivity contribution in [1.29, 1.82) is 0 Å². The minimum Gasteiger partial charge on any atom is -0.352 e. The molecule has 1 aliphatic rings. The fourth-order valence-corrected chi connectivity index (χ4v) is 3.90. The van der Waals surface area contributed by atoms with E-state index in [9.17, 15) is 4.79 Å². The molecule has 168 valence electrons. The average Bonchev–Trinajstić information content (AvgIpc) is 3.22. The second-order valence-electron chi connectivity index (χ2n) is 6.76. The molecule has 3 rings (SSSR count). The van der Waals surface area contributed by atoms with Crippen molar-refractivity contribution in [2.45, 2.75) is 60.9 Å². The largest absolute Gasteiger partial charge is 0.352 e. The predicted octanol–water partition coefficient (Wildman–Crippen LogP) is 6.73. The van der Waals surface area contributed by atoms with Crippen LogP contribution in [-0.4, -0.2) is 46.5 Å². The summed E-state index contributed by atoms with van der Waals surface area (Å²) >= 11 is 18.5. The molecule has 0 radical (unpaired) electrons. The molecule has 1 unspecified atom stereocenters. The quantitative estimate of drug-likeness (QED) is 0.492. The Hall–Kier alpha value is -1.30. The van der Waals surface area contributed by atoms with Gasteiger partial charge in [0.05, 0.1) is 27.1 Å². The van der Waals surface area contributed by atoms with Gasteiger partial charge >= 0.3 is 0 Å². The van der Waals surface area contributed by atoms with E-state index in [2.05, 4.69) is 14.9 Å². The zero-order valence-electron chi connectivity index (χ0n) is 19.0. The van der Waals surface area contributed by atoms with Crippen molar-refractivity contribution < 1.29 is 4.79 Å². The van der Waals surface area contributed by atoms with Gasteiger partial charge in [0, 0.05) is 25.6 Å². The molecule has 0 aliphatic carbocycles. The molecular weight excluding hydrogens is 443 g/mol. The van der Waals surface area contributed by atoms with Gasteiger partial charge in [-0.25, -0.2) is 9.97 Å². The van der Waals surface area contributed by atoms with Crippen molar-refractivity contribution in [2.75, 3.05) is 24.5 Å². The molecule has 1 aromatic heterocycles. The van der Waals surface area contributed by atoms with Gasteiger partial charge in [-0.2, -0.15) is 0 Å². The first-order valence-corrected chi connectivity index (χ1v) is 11.8. The monoisotopic (exact) mass is 474 g/mol. The molecule has 0 N–H and O–H groups in total. The molecule has 1 fully saturated rings. The Balaban J connectivity index is 0.00000106. The van der Waals surface area contributed by atoms with Crippen LogP contribution in [0, 0.1) is 5.92 Å². The van der Waals surface area contributed by atoms with Crippen molar-refractivity contribution in [3.05, 3.63) is 27.3 Å². The lowest BCUT2D eigenvalue weighted by Gasteiger charge is -2.29. The Kier molecular flexibility index (Phi) is 11.2. The molecule has 1 aliphatic heterocycles. The topological polar surface area (TPSA) is 49.3 Å². The number of hydrogen-bond acceptors (Lipinski definition) is 4. The second kappa shape index (κ2) is 12.5. The fraction of sp³-hybridized carbons (Fsp3) is 0.591. The van der Waals surface area contributed by atoms with Crippen LogP contribution in [0.4, 0.5) is 5.82 Å². The lowest BCUT2D eigenvalue weighted by Crippen LogP contribution is -2.43. The van der Waals surface area contributed by atoms with E-state index in [1.165, 1.54) is 0 Å². The number of amides is 1. The molecule has 1 atom stereocenters. The van der Waals surface area contributed by atoms with Gasteiger partial charge in [-0.3, -0.25) is 4.79 Å². The zero-order valence-corrected chi connectivity index (χ0v) is 21.2. The number of hydrogen-bond donors (Lipinski definition) is 0. The maximum atomic E-state index is 12.4.